The lowest BCUT2D eigenvalue weighted by Crippen LogP contribution is -2.51. The number of quaternary nitrogens is 1. The number of aromatic nitrogens is 2. The standard InChI is InChI=1S/C18H26N4O4S/c1-4-21-16-14(11-8-18(2,3)26-10-12(11)27-16)15(24)22(17(21)25)9-13(23)20-7-5-6-19/h4-10,19H2,1-3H3,(H,20,23)/p+1. The van der Waals surface area contributed by atoms with Gasteiger partial charge < -0.3 is 15.8 Å². The van der Waals surface area contributed by atoms with E-state index in [2.05, 4.69) is 11.1 Å². The van der Waals surface area contributed by atoms with Gasteiger partial charge in [-0.3, -0.25) is 18.7 Å². The van der Waals surface area contributed by atoms with Crippen molar-refractivity contribution in [3.63, 3.8) is 0 Å². The smallest absolute Gasteiger partial charge is 0.332 e. The average molecular weight is 396 g/mol. The first kappa shape index (κ1) is 19.8. The Morgan fingerprint density at radius 1 is 1.33 bits per heavy atom. The molecule has 0 bridgehead atoms. The molecule has 1 aliphatic heterocycles. The molecule has 4 N–H and O–H groups in total. The Kier molecular flexibility index (Phi) is 5.55. The highest BCUT2D eigenvalue weighted by Gasteiger charge is 2.31. The maximum absolute atomic E-state index is 13.2. The van der Waals surface area contributed by atoms with Crippen molar-refractivity contribution in [2.24, 2.45) is 0 Å². The van der Waals surface area contributed by atoms with Crippen LogP contribution in [0.2, 0.25) is 0 Å². The molecule has 0 saturated carbocycles. The molecule has 0 aromatic carbocycles. The number of carbonyl (C=O) groups excluding carboxylic acids is 1. The number of nitrogens with one attached hydrogen (secondary N) is 1. The van der Waals surface area contributed by atoms with Crippen LogP contribution in [0.15, 0.2) is 9.59 Å². The third-order valence-electron chi connectivity index (χ3n) is 4.80. The van der Waals surface area contributed by atoms with Crippen LogP contribution < -0.4 is 22.3 Å². The molecule has 1 amide bonds. The van der Waals surface area contributed by atoms with Crippen molar-refractivity contribution in [2.75, 3.05) is 13.1 Å². The molecule has 3 heterocycles. The molecular weight excluding hydrogens is 368 g/mol. The quantitative estimate of drug-likeness (QED) is 0.663. The van der Waals surface area contributed by atoms with Crippen molar-refractivity contribution in [3.8, 4) is 0 Å². The summed E-state index contributed by atoms with van der Waals surface area (Å²) in [6.07, 6.45) is 1.36. The summed E-state index contributed by atoms with van der Waals surface area (Å²) < 4.78 is 8.50. The number of amides is 1. The Labute approximate surface area is 160 Å². The predicted octanol–water partition coefficient (Wildman–Crippen LogP) is -0.156. The number of aryl methyl sites for hydroxylation is 1. The maximum Gasteiger partial charge on any atom is 0.332 e. The molecule has 148 valence electrons. The van der Waals surface area contributed by atoms with Gasteiger partial charge >= 0.3 is 5.69 Å². The van der Waals surface area contributed by atoms with E-state index in [0.717, 1.165) is 21.4 Å². The highest BCUT2D eigenvalue weighted by molar-refractivity contribution is 7.18. The highest BCUT2D eigenvalue weighted by Crippen LogP contribution is 2.37. The zero-order valence-electron chi connectivity index (χ0n) is 16.1. The van der Waals surface area contributed by atoms with Crippen LogP contribution in [0.5, 0.6) is 0 Å². The lowest BCUT2D eigenvalue weighted by Gasteiger charge is -2.29. The minimum Gasteiger partial charge on any atom is -0.370 e. The minimum atomic E-state index is -0.443. The van der Waals surface area contributed by atoms with Gasteiger partial charge in [0.25, 0.3) is 5.56 Å². The summed E-state index contributed by atoms with van der Waals surface area (Å²) in [7, 11) is 0. The lowest BCUT2D eigenvalue weighted by atomic mass is 9.94. The van der Waals surface area contributed by atoms with Crippen molar-refractivity contribution in [1.29, 1.82) is 0 Å². The van der Waals surface area contributed by atoms with Crippen molar-refractivity contribution in [3.05, 3.63) is 31.3 Å². The molecule has 0 spiro atoms. The van der Waals surface area contributed by atoms with Gasteiger partial charge in [-0.2, -0.15) is 0 Å². The Morgan fingerprint density at radius 2 is 2.07 bits per heavy atom. The molecule has 27 heavy (non-hydrogen) atoms. The average Bonchev–Trinajstić information content (AvgIpc) is 2.96. The molecule has 8 nitrogen and oxygen atoms in total. The fourth-order valence-corrected chi connectivity index (χ4v) is 4.65. The van der Waals surface area contributed by atoms with Gasteiger partial charge in [0, 0.05) is 30.8 Å². The van der Waals surface area contributed by atoms with Crippen LogP contribution >= 0.6 is 11.3 Å². The van der Waals surface area contributed by atoms with Crippen molar-refractivity contribution >= 4 is 27.5 Å². The number of fused-ring (bicyclic) bond motifs is 3. The van der Waals surface area contributed by atoms with Crippen LogP contribution in [0.1, 0.15) is 37.6 Å². The third kappa shape index (κ3) is 3.71. The van der Waals surface area contributed by atoms with Crippen LogP contribution in [-0.4, -0.2) is 33.7 Å². The number of hydrogen-bond donors (Lipinski definition) is 2. The molecule has 9 heteroatoms. The molecule has 3 rings (SSSR count). The summed E-state index contributed by atoms with van der Waals surface area (Å²) >= 11 is 1.44. The van der Waals surface area contributed by atoms with Gasteiger partial charge in [0.1, 0.15) is 11.4 Å². The fourth-order valence-electron chi connectivity index (χ4n) is 3.37. The van der Waals surface area contributed by atoms with Crippen LogP contribution in [0.4, 0.5) is 0 Å². The van der Waals surface area contributed by atoms with Crippen molar-refractivity contribution in [2.45, 2.75) is 58.9 Å². The van der Waals surface area contributed by atoms with Gasteiger partial charge in [-0.05, 0) is 26.3 Å². The monoisotopic (exact) mass is 395 g/mol. The SMILES string of the molecule is CCn1c(=O)n(CC(=O)NCCC[NH3+])c(=O)c2c3c(sc21)COC(C)(C)C3. The fraction of sp³-hybridized carbons (Fsp3) is 0.611. The van der Waals surface area contributed by atoms with Gasteiger partial charge in [0.15, 0.2) is 0 Å². The second-order valence-corrected chi connectivity index (χ2v) is 8.47. The summed E-state index contributed by atoms with van der Waals surface area (Å²) in [6.45, 7) is 7.65. The molecule has 0 atom stereocenters. The number of ether oxygens (including phenoxy) is 1. The maximum atomic E-state index is 13.2. The molecule has 1 aliphatic rings. The summed E-state index contributed by atoms with van der Waals surface area (Å²) in [5, 5.41) is 3.29. The second-order valence-electron chi connectivity index (χ2n) is 7.38. The minimum absolute atomic E-state index is 0.269. The van der Waals surface area contributed by atoms with Crippen LogP contribution in [-0.2, 0) is 35.6 Å². The van der Waals surface area contributed by atoms with E-state index in [1.165, 1.54) is 11.3 Å². The van der Waals surface area contributed by atoms with E-state index in [1.807, 2.05) is 20.8 Å². The third-order valence-corrected chi connectivity index (χ3v) is 6.03. The van der Waals surface area contributed by atoms with Crippen LogP contribution in [0, 0.1) is 0 Å². The molecule has 0 radical (unpaired) electrons. The summed E-state index contributed by atoms with van der Waals surface area (Å²) in [6, 6.07) is 0. The number of nitrogens with zero attached hydrogens (tertiary/aromatic N) is 2. The second kappa shape index (κ2) is 7.57. The molecule has 2 aromatic rings. The first-order valence-corrected chi connectivity index (χ1v) is 10.1. The van der Waals surface area contributed by atoms with E-state index in [4.69, 9.17) is 4.74 Å². The Hall–Kier alpha value is -1.97. The highest BCUT2D eigenvalue weighted by atomic mass is 32.1. The van der Waals surface area contributed by atoms with E-state index in [1.54, 1.807) is 4.57 Å². The van der Waals surface area contributed by atoms with Crippen molar-refractivity contribution < 1.29 is 15.3 Å². The van der Waals surface area contributed by atoms with Crippen LogP contribution in [0.25, 0.3) is 10.2 Å². The van der Waals surface area contributed by atoms with Gasteiger partial charge in [-0.15, -0.1) is 11.3 Å². The summed E-state index contributed by atoms with van der Waals surface area (Å²) in [5.74, 6) is -0.336. The Bertz CT molecular complexity index is 986. The molecule has 0 unspecified atom stereocenters. The van der Waals surface area contributed by atoms with E-state index in [9.17, 15) is 14.4 Å². The zero-order valence-corrected chi connectivity index (χ0v) is 16.9. The van der Waals surface area contributed by atoms with Crippen molar-refractivity contribution in [1.82, 2.24) is 14.5 Å². The zero-order chi connectivity index (χ0) is 19.8. The van der Waals surface area contributed by atoms with Gasteiger partial charge in [-0.1, -0.05) is 0 Å². The van der Waals surface area contributed by atoms with E-state index in [0.29, 0.717) is 42.9 Å². The molecule has 0 fully saturated rings. The normalized spacial score (nSPS) is 15.7. The summed E-state index contributed by atoms with van der Waals surface area (Å²) in [4.78, 5) is 39.9. The summed E-state index contributed by atoms with van der Waals surface area (Å²) in [5.41, 5.74) is 3.48. The predicted molar refractivity (Wildman–Crippen MR) is 104 cm³/mol. The number of thiophene rings is 1. The van der Waals surface area contributed by atoms with E-state index >= 15 is 0 Å². The first-order chi connectivity index (χ1) is 12.8. The number of hydrogen-bond acceptors (Lipinski definition) is 5. The van der Waals surface area contributed by atoms with Gasteiger partial charge in [0.05, 0.1) is 24.1 Å². The van der Waals surface area contributed by atoms with Gasteiger partial charge in [0.2, 0.25) is 5.91 Å². The molecular formula is C18H27N4O4S+. The molecule has 0 aliphatic carbocycles. The topological polar surface area (TPSA) is 110 Å². The molecule has 2 aromatic heterocycles. The van der Waals surface area contributed by atoms with Gasteiger partial charge in [-0.25, -0.2) is 4.79 Å². The Balaban J connectivity index is 2.11. The van der Waals surface area contributed by atoms with Crippen LogP contribution in [0.3, 0.4) is 0 Å². The number of carbonyl (C=O) groups is 1. The van der Waals surface area contributed by atoms with E-state index < -0.39 is 5.69 Å². The largest absolute Gasteiger partial charge is 0.370 e. The first-order valence-electron chi connectivity index (χ1n) is 9.27. The Morgan fingerprint density at radius 3 is 2.74 bits per heavy atom. The van der Waals surface area contributed by atoms with E-state index in [-0.39, 0.29) is 23.6 Å². The lowest BCUT2D eigenvalue weighted by molar-refractivity contribution is -0.367. The number of rotatable bonds is 6. The molecule has 0 saturated heterocycles.